The lowest BCUT2D eigenvalue weighted by molar-refractivity contribution is -0.139. The van der Waals surface area contributed by atoms with Crippen LogP contribution in [0, 0.1) is 5.92 Å². The van der Waals surface area contributed by atoms with Crippen LogP contribution in [0.3, 0.4) is 0 Å². The highest BCUT2D eigenvalue weighted by Crippen LogP contribution is 2.32. The molecule has 34 heavy (non-hydrogen) atoms. The second kappa shape index (κ2) is 10.8. The standard InChI is InChI=1S/C31H30O3/c1-22(2)18-26-10-6-7-11-29(26)27-16-17-30(34-21-31(32)33)28(20-27)19-23-12-14-25(15-13-23)24-8-4-3-5-9-24/h3-17,20,22H,18-19,21H2,1-2H3,(H,32,33). The Hall–Kier alpha value is -3.85. The van der Waals surface area contributed by atoms with Crippen LogP contribution in [0.1, 0.15) is 30.5 Å². The van der Waals surface area contributed by atoms with E-state index in [4.69, 9.17) is 9.84 Å². The monoisotopic (exact) mass is 450 g/mol. The first-order valence-corrected chi connectivity index (χ1v) is 11.7. The Morgan fingerprint density at radius 2 is 1.41 bits per heavy atom. The van der Waals surface area contributed by atoms with Crippen LogP contribution in [-0.2, 0) is 17.6 Å². The Kier molecular flexibility index (Phi) is 7.44. The van der Waals surface area contributed by atoms with Gasteiger partial charge in [0, 0.05) is 6.42 Å². The van der Waals surface area contributed by atoms with E-state index >= 15 is 0 Å². The summed E-state index contributed by atoms with van der Waals surface area (Å²) in [7, 11) is 0. The molecule has 4 rings (SSSR count). The first kappa shape index (κ1) is 23.3. The van der Waals surface area contributed by atoms with Gasteiger partial charge in [-0.05, 0) is 63.4 Å². The van der Waals surface area contributed by atoms with Crippen molar-refractivity contribution in [3.63, 3.8) is 0 Å². The van der Waals surface area contributed by atoms with Gasteiger partial charge in [0.1, 0.15) is 5.75 Å². The van der Waals surface area contributed by atoms with Crippen molar-refractivity contribution in [1.82, 2.24) is 0 Å². The molecule has 0 aromatic heterocycles. The normalized spacial score (nSPS) is 10.9. The van der Waals surface area contributed by atoms with Crippen molar-refractivity contribution < 1.29 is 14.6 Å². The van der Waals surface area contributed by atoms with E-state index in [0.29, 0.717) is 18.1 Å². The Balaban J connectivity index is 1.66. The average molecular weight is 451 g/mol. The van der Waals surface area contributed by atoms with Gasteiger partial charge in [-0.2, -0.15) is 0 Å². The third-order valence-corrected chi connectivity index (χ3v) is 5.82. The molecule has 0 unspecified atom stereocenters. The molecule has 0 amide bonds. The van der Waals surface area contributed by atoms with Crippen molar-refractivity contribution in [2.24, 2.45) is 5.92 Å². The highest BCUT2D eigenvalue weighted by atomic mass is 16.5. The number of carboxylic acids is 1. The maximum atomic E-state index is 11.1. The molecule has 1 N–H and O–H groups in total. The fourth-order valence-corrected chi connectivity index (χ4v) is 4.25. The van der Waals surface area contributed by atoms with Gasteiger partial charge in [-0.1, -0.05) is 98.8 Å². The van der Waals surface area contributed by atoms with Crippen LogP contribution in [0.25, 0.3) is 22.3 Å². The fourth-order valence-electron chi connectivity index (χ4n) is 4.25. The summed E-state index contributed by atoms with van der Waals surface area (Å²) in [6.07, 6.45) is 1.66. The lowest BCUT2D eigenvalue weighted by atomic mass is 9.91. The molecule has 172 valence electrons. The second-order valence-corrected chi connectivity index (χ2v) is 9.00. The van der Waals surface area contributed by atoms with E-state index < -0.39 is 5.97 Å². The topological polar surface area (TPSA) is 46.5 Å². The Morgan fingerprint density at radius 1 is 0.765 bits per heavy atom. The lowest BCUT2D eigenvalue weighted by Crippen LogP contribution is -2.10. The summed E-state index contributed by atoms with van der Waals surface area (Å²) in [6, 6.07) is 33.4. The van der Waals surface area contributed by atoms with E-state index in [-0.39, 0.29) is 6.61 Å². The fraction of sp³-hybridized carbons (Fsp3) is 0.194. The summed E-state index contributed by atoms with van der Waals surface area (Å²) in [6.45, 7) is 4.09. The zero-order valence-electron chi connectivity index (χ0n) is 19.7. The zero-order chi connectivity index (χ0) is 23.9. The molecule has 0 aliphatic heterocycles. The van der Waals surface area contributed by atoms with Gasteiger partial charge in [-0.25, -0.2) is 4.79 Å². The maximum absolute atomic E-state index is 11.1. The largest absolute Gasteiger partial charge is 0.482 e. The van der Waals surface area contributed by atoms with Crippen LogP contribution in [0.15, 0.2) is 97.1 Å². The molecule has 0 fully saturated rings. The second-order valence-electron chi connectivity index (χ2n) is 9.00. The van der Waals surface area contributed by atoms with Gasteiger partial charge >= 0.3 is 5.97 Å². The highest BCUT2D eigenvalue weighted by molar-refractivity contribution is 5.71. The van der Waals surface area contributed by atoms with Crippen LogP contribution in [-0.4, -0.2) is 17.7 Å². The molecule has 4 aromatic carbocycles. The third-order valence-electron chi connectivity index (χ3n) is 5.82. The van der Waals surface area contributed by atoms with E-state index in [0.717, 1.165) is 23.1 Å². The predicted molar refractivity (Wildman–Crippen MR) is 138 cm³/mol. The number of carboxylic acid groups (broad SMARTS) is 1. The quantitative estimate of drug-likeness (QED) is 0.292. The molecule has 0 saturated heterocycles. The van der Waals surface area contributed by atoms with E-state index in [9.17, 15) is 4.79 Å². The zero-order valence-corrected chi connectivity index (χ0v) is 19.7. The SMILES string of the molecule is CC(C)Cc1ccccc1-c1ccc(OCC(=O)O)c(Cc2ccc(-c3ccccc3)cc2)c1. The Labute approximate surface area is 201 Å². The maximum Gasteiger partial charge on any atom is 0.341 e. The number of aliphatic carboxylic acids is 1. The minimum Gasteiger partial charge on any atom is -0.482 e. The van der Waals surface area contributed by atoms with E-state index in [1.807, 2.05) is 30.3 Å². The van der Waals surface area contributed by atoms with E-state index in [2.05, 4.69) is 80.6 Å². The van der Waals surface area contributed by atoms with Crippen LogP contribution in [0.5, 0.6) is 5.75 Å². The molecule has 0 atom stereocenters. The van der Waals surface area contributed by atoms with Gasteiger partial charge < -0.3 is 9.84 Å². The predicted octanol–water partition coefficient (Wildman–Crippen LogP) is 7.27. The lowest BCUT2D eigenvalue weighted by Gasteiger charge is -2.16. The van der Waals surface area contributed by atoms with Crippen molar-refractivity contribution in [2.45, 2.75) is 26.7 Å². The summed E-state index contributed by atoms with van der Waals surface area (Å²) in [5.41, 5.74) is 8.12. The van der Waals surface area contributed by atoms with Gasteiger partial charge in [0.25, 0.3) is 0 Å². The summed E-state index contributed by atoms with van der Waals surface area (Å²) in [4.78, 5) is 11.1. The van der Waals surface area contributed by atoms with Gasteiger partial charge in [0.2, 0.25) is 0 Å². The van der Waals surface area contributed by atoms with Crippen LogP contribution < -0.4 is 4.74 Å². The van der Waals surface area contributed by atoms with Crippen molar-refractivity contribution >= 4 is 5.97 Å². The Bertz CT molecular complexity index is 1240. The molecule has 0 aliphatic rings. The summed E-state index contributed by atoms with van der Waals surface area (Å²) in [5.74, 6) is 0.186. The molecule has 3 heteroatoms. The van der Waals surface area contributed by atoms with Crippen LogP contribution in [0.4, 0.5) is 0 Å². The van der Waals surface area contributed by atoms with Crippen molar-refractivity contribution in [1.29, 1.82) is 0 Å². The molecule has 0 heterocycles. The third kappa shape index (κ3) is 5.93. The number of rotatable bonds is 9. The Morgan fingerprint density at radius 3 is 2.12 bits per heavy atom. The molecular weight excluding hydrogens is 420 g/mol. The molecule has 0 spiro atoms. The number of hydrogen-bond acceptors (Lipinski definition) is 2. The molecular formula is C31H30O3. The molecule has 3 nitrogen and oxygen atoms in total. The van der Waals surface area contributed by atoms with Crippen molar-refractivity contribution in [3.8, 4) is 28.0 Å². The van der Waals surface area contributed by atoms with Crippen molar-refractivity contribution in [2.75, 3.05) is 6.61 Å². The summed E-state index contributed by atoms with van der Waals surface area (Å²) < 4.78 is 5.65. The summed E-state index contributed by atoms with van der Waals surface area (Å²) in [5, 5.41) is 9.12. The minimum absolute atomic E-state index is 0.358. The number of carbonyl (C=O) groups is 1. The first-order chi connectivity index (χ1) is 16.5. The molecule has 0 saturated carbocycles. The molecule has 0 bridgehead atoms. The minimum atomic E-state index is -0.982. The van der Waals surface area contributed by atoms with Gasteiger partial charge in [0.05, 0.1) is 0 Å². The number of benzene rings is 4. The smallest absolute Gasteiger partial charge is 0.341 e. The van der Waals surface area contributed by atoms with Crippen LogP contribution in [0.2, 0.25) is 0 Å². The average Bonchev–Trinajstić information content (AvgIpc) is 2.84. The molecule has 4 aromatic rings. The first-order valence-electron chi connectivity index (χ1n) is 11.7. The van der Waals surface area contributed by atoms with Gasteiger partial charge in [0.15, 0.2) is 6.61 Å². The van der Waals surface area contributed by atoms with Crippen molar-refractivity contribution in [3.05, 3.63) is 114 Å². The highest BCUT2D eigenvalue weighted by Gasteiger charge is 2.12. The van der Waals surface area contributed by atoms with Crippen LogP contribution >= 0.6 is 0 Å². The molecule has 0 aliphatic carbocycles. The van der Waals surface area contributed by atoms with Gasteiger partial charge in [-0.15, -0.1) is 0 Å². The summed E-state index contributed by atoms with van der Waals surface area (Å²) >= 11 is 0. The molecule has 0 radical (unpaired) electrons. The number of ether oxygens (including phenoxy) is 1. The van der Waals surface area contributed by atoms with E-state index in [1.54, 1.807) is 0 Å². The van der Waals surface area contributed by atoms with Gasteiger partial charge in [-0.3, -0.25) is 0 Å². The number of hydrogen-bond donors (Lipinski definition) is 1. The van der Waals surface area contributed by atoms with E-state index in [1.165, 1.54) is 22.3 Å².